The van der Waals surface area contributed by atoms with Crippen LogP contribution in [0.15, 0.2) is 53.5 Å². The van der Waals surface area contributed by atoms with Gasteiger partial charge in [-0.3, -0.25) is 4.68 Å². The van der Waals surface area contributed by atoms with E-state index in [2.05, 4.69) is 58.6 Å². The summed E-state index contributed by atoms with van der Waals surface area (Å²) in [6, 6.07) is 10.4. The van der Waals surface area contributed by atoms with Crippen molar-refractivity contribution in [3.63, 3.8) is 0 Å². The number of nitrogens with one attached hydrogen (secondary N) is 1. The molecule has 0 spiro atoms. The Bertz CT molecular complexity index is 685. The van der Waals surface area contributed by atoms with Gasteiger partial charge in [-0.25, -0.2) is 0 Å². The number of benzene rings is 1. The smallest absolute Gasteiger partial charge is 0.0659 e. The monoisotopic (exact) mass is 297 g/mol. The van der Waals surface area contributed by atoms with E-state index in [-0.39, 0.29) is 0 Å². The van der Waals surface area contributed by atoms with Crippen molar-refractivity contribution in [2.45, 2.75) is 26.6 Å². The summed E-state index contributed by atoms with van der Waals surface area (Å²) in [7, 11) is 0. The molecule has 0 aliphatic carbocycles. The van der Waals surface area contributed by atoms with Gasteiger partial charge < -0.3 is 5.32 Å². The molecule has 1 N–H and O–H groups in total. The van der Waals surface area contributed by atoms with Crippen molar-refractivity contribution in [3.8, 4) is 0 Å². The van der Waals surface area contributed by atoms with Crippen LogP contribution in [0.25, 0.3) is 0 Å². The van der Waals surface area contributed by atoms with Gasteiger partial charge in [0, 0.05) is 24.8 Å². The van der Waals surface area contributed by atoms with Crippen LogP contribution in [0, 0.1) is 6.92 Å². The van der Waals surface area contributed by atoms with Crippen LogP contribution in [0.4, 0.5) is 0 Å². The molecule has 4 heteroatoms. The molecule has 0 radical (unpaired) electrons. The summed E-state index contributed by atoms with van der Waals surface area (Å²) in [4.78, 5) is 0. The summed E-state index contributed by atoms with van der Waals surface area (Å²) in [6.07, 6.45) is 4.05. The zero-order chi connectivity index (χ0) is 14.5. The molecule has 0 amide bonds. The molecule has 3 aromatic rings. The van der Waals surface area contributed by atoms with Gasteiger partial charge in [0.1, 0.15) is 0 Å². The molecule has 3 nitrogen and oxygen atoms in total. The molecule has 1 aromatic carbocycles. The van der Waals surface area contributed by atoms with Gasteiger partial charge in [-0.1, -0.05) is 30.3 Å². The maximum absolute atomic E-state index is 4.42. The van der Waals surface area contributed by atoms with Crippen LogP contribution in [-0.4, -0.2) is 9.78 Å². The fourth-order valence-corrected chi connectivity index (χ4v) is 3.12. The Balaban J connectivity index is 1.52. The third kappa shape index (κ3) is 3.80. The second-order valence-corrected chi connectivity index (χ2v) is 5.96. The number of aryl methyl sites for hydroxylation is 1. The topological polar surface area (TPSA) is 29.9 Å². The largest absolute Gasteiger partial charge is 0.308 e. The second kappa shape index (κ2) is 6.70. The van der Waals surface area contributed by atoms with E-state index in [1.165, 1.54) is 22.3 Å². The molecule has 2 heterocycles. The van der Waals surface area contributed by atoms with Crippen LogP contribution in [0.1, 0.15) is 22.3 Å². The molecular formula is C17H19N3S. The summed E-state index contributed by atoms with van der Waals surface area (Å²) >= 11 is 1.76. The molecule has 0 aliphatic rings. The minimum absolute atomic E-state index is 0.824. The fourth-order valence-electron chi connectivity index (χ4n) is 2.26. The Morgan fingerprint density at radius 3 is 2.71 bits per heavy atom. The Kier molecular flexibility index (Phi) is 4.48. The number of thiophene rings is 1. The fraction of sp³-hybridized carbons (Fsp3) is 0.235. The Hall–Kier alpha value is -1.91. The third-order valence-electron chi connectivity index (χ3n) is 3.48. The van der Waals surface area contributed by atoms with Crippen molar-refractivity contribution >= 4 is 11.3 Å². The van der Waals surface area contributed by atoms with Gasteiger partial charge in [0.2, 0.25) is 0 Å². The van der Waals surface area contributed by atoms with E-state index in [1.54, 1.807) is 11.3 Å². The highest BCUT2D eigenvalue weighted by Gasteiger charge is 2.01. The third-order valence-corrected chi connectivity index (χ3v) is 4.39. The molecule has 0 aliphatic heterocycles. The number of rotatable bonds is 6. The lowest BCUT2D eigenvalue weighted by molar-refractivity contribution is 0.677. The molecular weight excluding hydrogens is 278 g/mol. The summed E-state index contributed by atoms with van der Waals surface area (Å²) in [6.45, 7) is 4.75. The molecule has 21 heavy (non-hydrogen) atoms. The highest BCUT2D eigenvalue weighted by atomic mass is 32.1. The lowest BCUT2D eigenvalue weighted by Gasteiger charge is -2.03. The number of nitrogens with zero attached hydrogens (tertiary/aromatic N) is 2. The Morgan fingerprint density at radius 1 is 1.10 bits per heavy atom. The lowest BCUT2D eigenvalue weighted by atomic mass is 10.2. The average Bonchev–Trinajstić information content (AvgIpc) is 3.10. The molecule has 0 bridgehead atoms. The van der Waals surface area contributed by atoms with E-state index in [0.717, 1.165) is 19.6 Å². The molecule has 3 rings (SSSR count). The van der Waals surface area contributed by atoms with Crippen molar-refractivity contribution in [1.29, 1.82) is 0 Å². The standard InChI is InChI=1S/C17H19N3S/c1-14-12-21-13-17(14)9-18-7-16-8-19-20(11-16)10-15-5-3-2-4-6-15/h2-6,8,11-13,18H,7,9-10H2,1H3. The van der Waals surface area contributed by atoms with E-state index in [1.807, 2.05) is 16.9 Å². The van der Waals surface area contributed by atoms with E-state index in [0.29, 0.717) is 0 Å². The van der Waals surface area contributed by atoms with Crippen LogP contribution in [0.2, 0.25) is 0 Å². The zero-order valence-electron chi connectivity index (χ0n) is 12.1. The predicted octanol–water partition coefficient (Wildman–Crippen LogP) is 3.59. The maximum atomic E-state index is 4.42. The van der Waals surface area contributed by atoms with Crippen molar-refractivity contribution in [2.24, 2.45) is 0 Å². The first-order valence-electron chi connectivity index (χ1n) is 7.09. The van der Waals surface area contributed by atoms with E-state index < -0.39 is 0 Å². The van der Waals surface area contributed by atoms with Crippen LogP contribution in [-0.2, 0) is 19.6 Å². The van der Waals surface area contributed by atoms with Gasteiger partial charge in [0.15, 0.2) is 0 Å². The maximum Gasteiger partial charge on any atom is 0.0659 e. The molecule has 0 saturated heterocycles. The molecule has 0 saturated carbocycles. The van der Waals surface area contributed by atoms with E-state index in [9.17, 15) is 0 Å². The molecule has 0 unspecified atom stereocenters. The van der Waals surface area contributed by atoms with Crippen LogP contribution >= 0.6 is 11.3 Å². The second-order valence-electron chi connectivity index (χ2n) is 5.22. The first-order chi connectivity index (χ1) is 10.3. The van der Waals surface area contributed by atoms with Gasteiger partial charge in [0.05, 0.1) is 12.7 Å². The first kappa shape index (κ1) is 14.0. The van der Waals surface area contributed by atoms with Gasteiger partial charge in [-0.05, 0) is 34.4 Å². The van der Waals surface area contributed by atoms with Gasteiger partial charge in [-0.15, -0.1) is 0 Å². The average molecular weight is 297 g/mol. The summed E-state index contributed by atoms with van der Waals surface area (Å²) < 4.78 is 1.99. The van der Waals surface area contributed by atoms with Crippen molar-refractivity contribution < 1.29 is 0 Å². The highest BCUT2D eigenvalue weighted by molar-refractivity contribution is 7.08. The minimum atomic E-state index is 0.824. The number of hydrogen-bond acceptors (Lipinski definition) is 3. The molecule has 2 aromatic heterocycles. The molecule has 108 valence electrons. The number of aromatic nitrogens is 2. The summed E-state index contributed by atoms with van der Waals surface area (Å²) in [5.74, 6) is 0. The van der Waals surface area contributed by atoms with Crippen molar-refractivity contribution in [1.82, 2.24) is 15.1 Å². The van der Waals surface area contributed by atoms with Crippen LogP contribution < -0.4 is 5.32 Å². The highest BCUT2D eigenvalue weighted by Crippen LogP contribution is 2.13. The van der Waals surface area contributed by atoms with E-state index in [4.69, 9.17) is 0 Å². The normalized spacial score (nSPS) is 10.9. The first-order valence-corrected chi connectivity index (χ1v) is 8.03. The minimum Gasteiger partial charge on any atom is -0.308 e. The van der Waals surface area contributed by atoms with Crippen molar-refractivity contribution in [2.75, 3.05) is 0 Å². The quantitative estimate of drug-likeness (QED) is 0.753. The summed E-state index contributed by atoms with van der Waals surface area (Å²) in [5.41, 5.74) is 5.25. The Labute approximate surface area is 129 Å². The number of hydrogen-bond donors (Lipinski definition) is 1. The lowest BCUT2D eigenvalue weighted by Crippen LogP contribution is -2.12. The van der Waals surface area contributed by atoms with Gasteiger partial charge in [-0.2, -0.15) is 16.4 Å². The van der Waals surface area contributed by atoms with Gasteiger partial charge >= 0.3 is 0 Å². The van der Waals surface area contributed by atoms with Gasteiger partial charge in [0.25, 0.3) is 0 Å². The molecule has 0 fully saturated rings. The van der Waals surface area contributed by atoms with Crippen LogP contribution in [0.3, 0.4) is 0 Å². The Morgan fingerprint density at radius 2 is 1.95 bits per heavy atom. The van der Waals surface area contributed by atoms with Crippen LogP contribution in [0.5, 0.6) is 0 Å². The molecule has 0 atom stereocenters. The summed E-state index contributed by atoms with van der Waals surface area (Å²) in [5, 5.41) is 12.3. The SMILES string of the molecule is Cc1cscc1CNCc1cnn(Cc2ccccc2)c1. The zero-order valence-corrected chi connectivity index (χ0v) is 12.9. The van der Waals surface area contributed by atoms with Crippen molar-refractivity contribution in [3.05, 3.63) is 75.7 Å². The predicted molar refractivity (Wildman–Crippen MR) is 87.4 cm³/mol. The van der Waals surface area contributed by atoms with E-state index >= 15 is 0 Å².